The van der Waals surface area contributed by atoms with Crippen LogP contribution in [0.5, 0.6) is 0 Å². The van der Waals surface area contributed by atoms with Gasteiger partial charge in [-0.15, -0.1) is 0 Å². The van der Waals surface area contributed by atoms with Crippen LogP contribution in [-0.2, 0) is 14.3 Å². The Bertz CT molecular complexity index is 1040. The van der Waals surface area contributed by atoms with E-state index in [1.807, 2.05) is 38.1 Å². The third-order valence-electron chi connectivity index (χ3n) is 7.19. The number of rotatable bonds is 7. The SMILES string of the molecule is CC(C)N(CC(=O)O)C(=O)[C@@H]1CCCCC[C@@H]1NC(=O)OCC1c2ccccc2-c2ccccc21. The second-order valence-electron chi connectivity index (χ2n) is 9.77. The van der Waals surface area contributed by atoms with Gasteiger partial charge in [0, 0.05) is 18.0 Å². The molecule has 0 aliphatic heterocycles. The first-order chi connectivity index (χ1) is 16.9. The van der Waals surface area contributed by atoms with Crippen LogP contribution in [0.15, 0.2) is 48.5 Å². The van der Waals surface area contributed by atoms with Gasteiger partial charge in [-0.25, -0.2) is 4.79 Å². The predicted molar refractivity (Wildman–Crippen MR) is 133 cm³/mol. The molecule has 2 aliphatic rings. The summed E-state index contributed by atoms with van der Waals surface area (Å²) >= 11 is 0. The monoisotopic (exact) mass is 478 g/mol. The van der Waals surface area contributed by atoms with Crippen LogP contribution in [0.4, 0.5) is 4.79 Å². The molecule has 186 valence electrons. The second-order valence-corrected chi connectivity index (χ2v) is 9.77. The van der Waals surface area contributed by atoms with Gasteiger partial charge >= 0.3 is 12.1 Å². The van der Waals surface area contributed by atoms with Crippen LogP contribution in [0, 0.1) is 5.92 Å². The van der Waals surface area contributed by atoms with E-state index >= 15 is 0 Å². The molecule has 7 nitrogen and oxygen atoms in total. The van der Waals surface area contributed by atoms with E-state index in [0.29, 0.717) is 12.8 Å². The number of carboxylic acids is 1. The highest BCUT2D eigenvalue weighted by Crippen LogP contribution is 2.44. The van der Waals surface area contributed by atoms with E-state index < -0.39 is 18.0 Å². The van der Waals surface area contributed by atoms with E-state index in [9.17, 15) is 19.5 Å². The topological polar surface area (TPSA) is 95.9 Å². The summed E-state index contributed by atoms with van der Waals surface area (Å²) in [6, 6.07) is 15.7. The molecule has 2 atom stereocenters. The molecule has 0 radical (unpaired) electrons. The largest absolute Gasteiger partial charge is 0.480 e. The molecule has 0 unspecified atom stereocenters. The second kappa shape index (κ2) is 10.9. The first kappa shape index (κ1) is 24.8. The fourth-order valence-corrected chi connectivity index (χ4v) is 5.44. The zero-order valence-electron chi connectivity index (χ0n) is 20.4. The van der Waals surface area contributed by atoms with Crippen LogP contribution in [0.25, 0.3) is 11.1 Å². The first-order valence-electron chi connectivity index (χ1n) is 12.5. The molecule has 35 heavy (non-hydrogen) atoms. The average molecular weight is 479 g/mol. The van der Waals surface area contributed by atoms with Gasteiger partial charge in [0.2, 0.25) is 5.91 Å². The number of benzene rings is 2. The standard InChI is InChI=1S/C28H34N2O5/c1-18(2)30(16-26(31)32)27(33)23-14-4-3-5-15-25(23)29-28(34)35-17-24-21-12-8-6-10-19(21)20-11-7-9-13-22(20)24/h6-13,18,23-25H,3-5,14-17H2,1-2H3,(H,29,34)(H,31,32)/t23-,25+/m1/s1. The molecular formula is C28H34N2O5. The van der Waals surface area contributed by atoms with E-state index in [-0.39, 0.29) is 37.1 Å². The van der Waals surface area contributed by atoms with E-state index in [1.165, 1.54) is 16.0 Å². The summed E-state index contributed by atoms with van der Waals surface area (Å²) in [5, 5.41) is 12.2. The van der Waals surface area contributed by atoms with Crippen molar-refractivity contribution in [2.45, 2.75) is 64.0 Å². The van der Waals surface area contributed by atoms with Crippen molar-refractivity contribution in [2.75, 3.05) is 13.2 Å². The fraction of sp³-hybridized carbons (Fsp3) is 0.464. The summed E-state index contributed by atoms with van der Waals surface area (Å²) in [6.45, 7) is 3.49. The number of hydrogen-bond donors (Lipinski definition) is 2. The quantitative estimate of drug-likeness (QED) is 0.558. The zero-order valence-corrected chi connectivity index (χ0v) is 20.4. The van der Waals surface area contributed by atoms with E-state index in [0.717, 1.165) is 30.4 Å². The summed E-state index contributed by atoms with van der Waals surface area (Å²) in [4.78, 5) is 39.0. The van der Waals surface area contributed by atoms with Crippen LogP contribution < -0.4 is 5.32 Å². The van der Waals surface area contributed by atoms with Crippen LogP contribution in [-0.4, -0.2) is 53.2 Å². The van der Waals surface area contributed by atoms with Gasteiger partial charge in [-0.1, -0.05) is 67.8 Å². The van der Waals surface area contributed by atoms with Gasteiger partial charge in [0.05, 0.1) is 5.92 Å². The molecule has 0 aromatic heterocycles. The Morgan fingerprint density at radius 1 is 0.971 bits per heavy atom. The third kappa shape index (κ3) is 5.50. The van der Waals surface area contributed by atoms with Crippen molar-refractivity contribution in [3.63, 3.8) is 0 Å². The number of aliphatic carboxylic acids is 1. The molecule has 0 heterocycles. The summed E-state index contributed by atoms with van der Waals surface area (Å²) in [5.41, 5.74) is 4.62. The van der Waals surface area contributed by atoms with Gasteiger partial charge < -0.3 is 20.1 Å². The lowest BCUT2D eigenvalue weighted by atomic mass is 9.92. The summed E-state index contributed by atoms with van der Waals surface area (Å²) < 4.78 is 5.71. The smallest absolute Gasteiger partial charge is 0.407 e. The Morgan fingerprint density at radius 3 is 2.17 bits per heavy atom. The predicted octanol–water partition coefficient (Wildman–Crippen LogP) is 4.80. The van der Waals surface area contributed by atoms with Crippen molar-refractivity contribution in [1.29, 1.82) is 0 Å². The van der Waals surface area contributed by atoms with Gasteiger partial charge in [0.25, 0.3) is 0 Å². The number of ether oxygens (including phenoxy) is 1. The van der Waals surface area contributed by atoms with Gasteiger partial charge in [0.1, 0.15) is 13.2 Å². The number of nitrogens with zero attached hydrogens (tertiary/aromatic N) is 1. The molecule has 0 bridgehead atoms. The van der Waals surface area contributed by atoms with Gasteiger partial charge in [0.15, 0.2) is 0 Å². The van der Waals surface area contributed by atoms with Crippen LogP contribution in [0.3, 0.4) is 0 Å². The van der Waals surface area contributed by atoms with Gasteiger partial charge in [-0.2, -0.15) is 0 Å². The van der Waals surface area contributed by atoms with Crippen molar-refractivity contribution >= 4 is 18.0 Å². The molecule has 2 aromatic carbocycles. The molecule has 1 fully saturated rings. The highest BCUT2D eigenvalue weighted by molar-refractivity contribution is 5.84. The minimum atomic E-state index is -1.04. The highest BCUT2D eigenvalue weighted by Gasteiger charge is 2.36. The number of carboxylic acid groups (broad SMARTS) is 1. The van der Waals surface area contributed by atoms with E-state index in [4.69, 9.17) is 4.74 Å². The van der Waals surface area contributed by atoms with Crippen molar-refractivity contribution < 1.29 is 24.2 Å². The number of alkyl carbamates (subject to hydrolysis) is 1. The molecular weight excluding hydrogens is 444 g/mol. The van der Waals surface area contributed by atoms with Crippen molar-refractivity contribution in [3.05, 3.63) is 59.7 Å². The summed E-state index contributed by atoms with van der Waals surface area (Å²) in [7, 11) is 0. The zero-order chi connectivity index (χ0) is 24.9. The molecule has 7 heteroatoms. The Kier molecular flexibility index (Phi) is 7.73. The minimum absolute atomic E-state index is 0.0355. The minimum Gasteiger partial charge on any atom is -0.480 e. The molecule has 0 spiro atoms. The van der Waals surface area contributed by atoms with Gasteiger partial charge in [-0.05, 0) is 48.9 Å². The lowest BCUT2D eigenvalue weighted by Crippen LogP contribution is -2.51. The normalized spacial score (nSPS) is 19.4. The highest BCUT2D eigenvalue weighted by atomic mass is 16.5. The number of carbonyl (C=O) groups excluding carboxylic acids is 2. The van der Waals surface area contributed by atoms with E-state index in [1.54, 1.807) is 0 Å². The molecule has 0 saturated heterocycles. The number of carbonyl (C=O) groups is 3. The maximum Gasteiger partial charge on any atom is 0.407 e. The number of hydrogen-bond acceptors (Lipinski definition) is 4. The Hall–Kier alpha value is -3.35. The Morgan fingerprint density at radius 2 is 1.57 bits per heavy atom. The third-order valence-corrected chi connectivity index (χ3v) is 7.19. The van der Waals surface area contributed by atoms with Gasteiger partial charge in [-0.3, -0.25) is 9.59 Å². The average Bonchev–Trinajstić information content (AvgIpc) is 2.97. The molecule has 2 aromatic rings. The Balaban J connectivity index is 1.44. The molecule has 4 rings (SSSR count). The lowest BCUT2D eigenvalue weighted by Gasteiger charge is -2.32. The van der Waals surface area contributed by atoms with Crippen LogP contribution in [0.2, 0.25) is 0 Å². The first-order valence-corrected chi connectivity index (χ1v) is 12.5. The van der Waals surface area contributed by atoms with Crippen molar-refractivity contribution in [2.24, 2.45) is 5.92 Å². The van der Waals surface area contributed by atoms with E-state index in [2.05, 4.69) is 29.6 Å². The summed E-state index contributed by atoms with van der Waals surface area (Å²) in [6.07, 6.45) is 3.51. The number of nitrogens with one attached hydrogen (secondary N) is 1. The Labute approximate surface area is 206 Å². The van der Waals surface area contributed by atoms with Crippen LogP contribution >= 0.6 is 0 Å². The number of amides is 2. The van der Waals surface area contributed by atoms with Crippen molar-refractivity contribution in [3.8, 4) is 11.1 Å². The molecule has 2 amide bonds. The molecule has 2 aliphatic carbocycles. The lowest BCUT2D eigenvalue weighted by molar-refractivity contribution is -0.148. The maximum absolute atomic E-state index is 13.3. The fourth-order valence-electron chi connectivity index (χ4n) is 5.44. The van der Waals surface area contributed by atoms with Crippen molar-refractivity contribution in [1.82, 2.24) is 10.2 Å². The maximum atomic E-state index is 13.3. The molecule has 2 N–H and O–H groups in total. The molecule has 1 saturated carbocycles. The van der Waals surface area contributed by atoms with Crippen LogP contribution in [0.1, 0.15) is 63.0 Å². The number of fused-ring (bicyclic) bond motifs is 3. The summed E-state index contributed by atoms with van der Waals surface area (Å²) in [5.74, 6) is -1.75.